The molecule has 0 saturated heterocycles. The van der Waals surface area contributed by atoms with Gasteiger partial charge in [-0.05, 0) is 57.0 Å². The molecule has 1 fully saturated rings. The predicted octanol–water partition coefficient (Wildman–Crippen LogP) is 2.24. The Morgan fingerprint density at radius 2 is 1.73 bits per heavy atom. The molecule has 1 aromatic rings. The van der Waals surface area contributed by atoms with Crippen molar-refractivity contribution in [2.24, 2.45) is 5.92 Å². The first kappa shape index (κ1) is 17.0. The van der Waals surface area contributed by atoms with Gasteiger partial charge < -0.3 is 4.90 Å². The fourth-order valence-electron chi connectivity index (χ4n) is 2.40. The Kier molecular flexibility index (Phi) is 4.92. The van der Waals surface area contributed by atoms with Crippen molar-refractivity contribution in [1.82, 2.24) is 9.62 Å². The standard InChI is InChI=1S/C16H24N2O3S/c1-11(2)12(3)18(14-7-8-14)16(19)13-5-9-15(10-6-13)22(20,21)17-4/h5-6,9-12,14,17H,7-8H2,1-4H3/t12-/m0/s1. The van der Waals surface area contributed by atoms with Crippen LogP contribution in [-0.4, -0.2) is 38.4 Å². The van der Waals surface area contributed by atoms with Gasteiger partial charge in [0.1, 0.15) is 0 Å². The zero-order valence-corrected chi connectivity index (χ0v) is 14.4. The molecule has 1 aliphatic carbocycles. The number of sulfonamides is 1. The van der Waals surface area contributed by atoms with E-state index in [0.717, 1.165) is 12.8 Å². The number of nitrogens with one attached hydrogen (secondary N) is 1. The molecule has 122 valence electrons. The summed E-state index contributed by atoms with van der Waals surface area (Å²) >= 11 is 0. The molecule has 0 unspecified atom stereocenters. The lowest BCUT2D eigenvalue weighted by atomic mass is 10.0. The van der Waals surface area contributed by atoms with Gasteiger partial charge in [0.2, 0.25) is 10.0 Å². The summed E-state index contributed by atoms with van der Waals surface area (Å²) in [5, 5.41) is 0. The highest BCUT2D eigenvalue weighted by Crippen LogP contribution is 2.32. The van der Waals surface area contributed by atoms with Gasteiger partial charge in [-0.3, -0.25) is 4.79 Å². The molecule has 1 atom stereocenters. The highest BCUT2D eigenvalue weighted by molar-refractivity contribution is 7.89. The maximum atomic E-state index is 12.8. The van der Waals surface area contributed by atoms with Crippen molar-refractivity contribution in [2.75, 3.05) is 7.05 Å². The summed E-state index contributed by atoms with van der Waals surface area (Å²) < 4.78 is 25.7. The molecule has 0 aromatic heterocycles. The molecule has 5 nitrogen and oxygen atoms in total. The van der Waals surface area contributed by atoms with E-state index in [-0.39, 0.29) is 16.8 Å². The normalized spacial score (nSPS) is 16.6. The average Bonchev–Trinajstić information content (AvgIpc) is 3.32. The number of carbonyl (C=O) groups is 1. The summed E-state index contributed by atoms with van der Waals surface area (Å²) in [5.74, 6) is 0.366. The van der Waals surface area contributed by atoms with E-state index in [9.17, 15) is 13.2 Å². The number of carbonyl (C=O) groups excluding carboxylic acids is 1. The summed E-state index contributed by atoms with van der Waals surface area (Å²) in [5.41, 5.74) is 0.537. The van der Waals surface area contributed by atoms with Crippen molar-refractivity contribution in [1.29, 1.82) is 0 Å². The second kappa shape index (κ2) is 6.38. The fraction of sp³-hybridized carbons (Fsp3) is 0.562. The van der Waals surface area contributed by atoms with Gasteiger partial charge >= 0.3 is 0 Å². The van der Waals surface area contributed by atoms with E-state index < -0.39 is 10.0 Å². The Labute approximate surface area is 132 Å². The molecule has 1 N–H and O–H groups in total. The van der Waals surface area contributed by atoms with E-state index in [1.54, 1.807) is 12.1 Å². The number of benzene rings is 1. The monoisotopic (exact) mass is 324 g/mol. The molecule has 1 saturated carbocycles. The summed E-state index contributed by atoms with van der Waals surface area (Å²) in [7, 11) is -2.10. The predicted molar refractivity (Wildman–Crippen MR) is 86.2 cm³/mol. The number of nitrogens with zero attached hydrogens (tertiary/aromatic N) is 1. The first-order valence-electron chi connectivity index (χ1n) is 7.64. The third kappa shape index (κ3) is 3.50. The minimum Gasteiger partial charge on any atom is -0.333 e. The van der Waals surface area contributed by atoms with Crippen LogP contribution in [0.5, 0.6) is 0 Å². The minimum absolute atomic E-state index is 0.0166. The molecule has 6 heteroatoms. The van der Waals surface area contributed by atoms with Gasteiger partial charge in [-0.15, -0.1) is 0 Å². The summed E-state index contributed by atoms with van der Waals surface area (Å²) in [6, 6.07) is 6.63. The van der Waals surface area contributed by atoms with Crippen LogP contribution in [0, 0.1) is 5.92 Å². The SMILES string of the molecule is CNS(=O)(=O)c1ccc(C(=O)N(C2CC2)[C@@H](C)C(C)C)cc1. The van der Waals surface area contributed by atoms with Gasteiger partial charge in [-0.1, -0.05) is 13.8 Å². The Morgan fingerprint density at radius 1 is 1.18 bits per heavy atom. The summed E-state index contributed by atoms with van der Waals surface area (Å²) in [6.07, 6.45) is 2.10. The van der Waals surface area contributed by atoms with Gasteiger partial charge in [-0.2, -0.15) is 0 Å². The quantitative estimate of drug-likeness (QED) is 0.873. The van der Waals surface area contributed by atoms with Gasteiger partial charge in [0, 0.05) is 17.6 Å². The van der Waals surface area contributed by atoms with Crippen LogP contribution in [0.1, 0.15) is 44.0 Å². The van der Waals surface area contributed by atoms with E-state index in [2.05, 4.69) is 25.5 Å². The fourth-order valence-corrected chi connectivity index (χ4v) is 3.13. The molecule has 1 aliphatic rings. The Balaban J connectivity index is 2.25. The van der Waals surface area contributed by atoms with Crippen LogP contribution in [0.2, 0.25) is 0 Å². The number of amides is 1. The largest absolute Gasteiger partial charge is 0.333 e. The van der Waals surface area contributed by atoms with Crippen LogP contribution in [0.15, 0.2) is 29.2 Å². The smallest absolute Gasteiger partial charge is 0.254 e. The molecule has 22 heavy (non-hydrogen) atoms. The van der Waals surface area contributed by atoms with Crippen LogP contribution in [-0.2, 0) is 10.0 Å². The molecule has 0 heterocycles. The lowest BCUT2D eigenvalue weighted by molar-refractivity contribution is 0.0627. The second-order valence-electron chi connectivity index (χ2n) is 6.16. The van der Waals surface area contributed by atoms with Gasteiger partial charge in [0.05, 0.1) is 4.90 Å². The lowest BCUT2D eigenvalue weighted by Gasteiger charge is -2.32. The Bertz CT molecular complexity index is 634. The topological polar surface area (TPSA) is 66.5 Å². The molecule has 1 amide bonds. The number of hydrogen-bond donors (Lipinski definition) is 1. The molecule has 0 radical (unpaired) electrons. The Morgan fingerprint density at radius 3 is 2.14 bits per heavy atom. The third-order valence-electron chi connectivity index (χ3n) is 4.26. The van der Waals surface area contributed by atoms with Gasteiger partial charge in [0.25, 0.3) is 5.91 Å². The van der Waals surface area contributed by atoms with Crippen LogP contribution < -0.4 is 4.72 Å². The maximum absolute atomic E-state index is 12.8. The van der Waals surface area contributed by atoms with Crippen molar-refractivity contribution in [2.45, 2.75) is 50.6 Å². The highest BCUT2D eigenvalue weighted by Gasteiger charge is 2.37. The van der Waals surface area contributed by atoms with E-state index in [1.807, 2.05) is 4.90 Å². The Hall–Kier alpha value is -1.40. The second-order valence-corrected chi connectivity index (χ2v) is 8.05. The molecular weight excluding hydrogens is 300 g/mol. The molecule has 2 rings (SSSR count). The van der Waals surface area contributed by atoms with Crippen molar-refractivity contribution in [3.8, 4) is 0 Å². The van der Waals surface area contributed by atoms with Crippen molar-refractivity contribution < 1.29 is 13.2 Å². The van der Waals surface area contributed by atoms with Crippen LogP contribution in [0.4, 0.5) is 0 Å². The van der Waals surface area contributed by atoms with E-state index >= 15 is 0 Å². The maximum Gasteiger partial charge on any atom is 0.254 e. The molecule has 1 aromatic carbocycles. The van der Waals surface area contributed by atoms with Gasteiger partial charge in [0.15, 0.2) is 0 Å². The first-order chi connectivity index (χ1) is 10.3. The summed E-state index contributed by atoms with van der Waals surface area (Å²) in [4.78, 5) is 14.9. The first-order valence-corrected chi connectivity index (χ1v) is 9.12. The van der Waals surface area contributed by atoms with Crippen LogP contribution in [0.25, 0.3) is 0 Å². The van der Waals surface area contributed by atoms with Gasteiger partial charge in [-0.25, -0.2) is 13.1 Å². The minimum atomic E-state index is -3.47. The highest BCUT2D eigenvalue weighted by atomic mass is 32.2. The van der Waals surface area contributed by atoms with E-state index in [4.69, 9.17) is 0 Å². The lowest BCUT2D eigenvalue weighted by Crippen LogP contribution is -2.43. The zero-order chi connectivity index (χ0) is 16.5. The van der Waals surface area contributed by atoms with E-state index in [1.165, 1.54) is 19.2 Å². The van der Waals surface area contributed by atoms with Crippen LogP contribution in [0.3, 0.4) is 0 Å². The summed E-state index contributed by atoms with van der Waals surface area (Å²) in [6.45, 7) is 6.28. The zero-order valence-electron chi connectivity index (χ0n) is 13.5. The van der Waals surface area contributed by atoms with Crippen molar-refractivity contribution in [3.05, 3.63) is 29.8 Å². The van der Waals surface area contributed by atoms with Crippen molar-refractivity contribution in [3.63, 3.8) is 0 Å². The number of rotatable bonds is 6. The number of hydrogen-bond acceptors (Lipinski definition) is 3. The van der Waals surface area contributed by atoms with Crippen molar-refractivity contribution >= 4 is 15.9 Å². The molecule has 0 aliphatic heterocycles. The molecular formula is C16H24N2O3S. The third-order valence-corrected chi connectivity index (χ3v) is 5.69. The van der Waals surface area contributed by atoms with E-state index in [0.29, 0.717) is 17.5 Å². The molecule has 0 spiro atoms. The molecule has 0 bridgehead atoms. The average molecular weight is 324 g/mol. The van der Waals surface area contributed by atoms with Crippen LogP contribution >= 0.6 is 0 Å².